The van der Waals surface area contributed by atoms with Gasteiger partial charge in [-0.1, -0.05) is 30.7 Å². The van der Waals surface area contributed by atoms with Gasteiger partial charge in [-0.3, -0.25) is 0 Å². The molecule has 0 aliphatic carbocycles. The van der Waals surface area contributed by atoms with Crippen LogP contribution in [0.5, 0.6) is 0 Å². The van der Waals surface area contributed by atoms with Gasteiger partial charge in [0.1, 0.15) is 0 Å². The smallest absolute Gasteiger partial charge is 0.0435 e. The molecule has 0 spiro atoms. The molecule has 1 nitrogen and oxygen atoms in total. The Morgan fingerprint density at radius 1 is 1.44 bits per heavy atom. The standard InChI is InChI=1S/C13H20ClNS/c1-10-8-12(4-5-13(10)14)9-15-7-6-11(2)16-3/h4-5,8,11,15H,6-7,9H2,1-3H3. The number of thioether (sulfide) groups is 1. The van der Waals surface area contributed by atoms with E-state index < -0.39 is 0 Å². The van der Waals surface area contributed by atoms with Crippen LogP contribution in [0.2, 0.25) is 5.02 Å². The van der Waals surface area contributed by atoms with E-state index in [0.29, 0.717) is 0 Å². The number of halogens is 1. The van der Waals surface area contributed by atoms with Crippen LogP contribution < -0.4 is 5.32 Å². The summed E-state index contributed by atoms with van der Waals surface area (Å²) >= 11 is 7.90. The molecule has 0 fully saturated rings. The van der Waals surface area contributed by atoms with E-state index in [4.69, 9.17) is 11.6 Å². The maximum atomic E-state index is 5.98. The fraction of sp³-hybridized carbons (Fsp3) is 0.538. The molecule has 0 bridgehead atoms. The average molecular weight is 258 g/mol. The molecule has 0 aliphatic rings. The van der Waals surface area contributed by atoms with Crippen molar-refractivity contribution in [2.75, 3.05) is 12.8 Å². The molecule has 1 aromatic rings. The van der Waals surface area contributed by atoms with Crippen LogP contribution in [-0.4, -0.2) is 18.1 Å². The number of benzene rings is 1. The highest BCUT2D eigenvalue weighted by molar-refractivity contribution is 7.99. The molecule has 0 amide bonds. The highest BCUT2D eigenvalue weighted by Gasteiger charge is 2.00. The molecule has 16 heavy (non-hydrogen) atoms. The van der Waals surface area contributed by atoms with Crippen LogP contribution in [0.4, 0.5) is 0 Å². The highest BCUT2D eigenvalue weighted by Crippen LogP contribution is 2.16. The molecule has 0 saturated carbocycles. The van der Waals surface area contributed by atoms with Crippen molar-refractivity contribution >= 4 is 23.4 Å². The first-order valence-electron chi connectivity index (χ1n) is 5.62. The minimum Gasteiger partial charge on any atom is -0.313 e. The number of rotatable bonds is 6. The Morgan fingerprint density at radius 2 is 2.19 bits per heavy atom. The summed E-state index contributed by atoms with van der Waals surface area (Å²) < 4.78 is 0. The molecule has 0 radical (unpaired) electrons. The van der Waals surface area contributed by atoms with Gasteiger partial charge in [0.25, 0.3) is 0 Å². The number of hydrogen-bond donors (Lipinski definition) is 1. The quantitative estimate of drug-likeness (QED) is 0.777. The van der Waals surface area contributed by atoms with Crippen LogP contribution in [0.15, 0.2) is 18.2 Å². The van der Waals surface area contributed by atoms with Crippen molar-refractivity contribution in [2.24, 2.45) is 0 Å². The van der Waals surface area contributed by atoms with Gasteiger partial charge >= 0.3 is 0 Å². The lowest BCUT2D eigenvalue weighted by molar-refractivity contribution is 0.648. The predicted molar refractivity (Wildman–Crippen MR) is 75.5 cm³/mol. The molecular weight excluding hydrogens is 238 g/mol. The van der Waals surface area contributed by atoms with Gasteiger partial charge in [0.2, 0.25) is 0 Å². The van der Waals surface area contributed by atoms with Crippen molar-refractivity contribution in [2.45, 2.75) is 32.1 Å². The Kier molecular flexibility index (Phi) is 6.25. The third-order valence-electron chi connectivity index (χ3n) is 2.68. The molecule has 3 heteroatoms. The average Bonchev–Trinajstić information content (AvgIpc) is 2.28. The molecule has 1 aromatic carbocycles. The van der Waals surface area contributed by atoms with Gasteiger partial charge in [-0.25, -0.2) is 0 Å². The summed E-state index contributed by atoms with van der Waals surface area (Å²) in [6.45, 7) is 6.31. The number of aryl methyl sites for hydroxylation is 1. The molecule has 90 valence electrons. The van der Waals surface area contributed by atoms with E-state index in [1.165, 1.54) is 12.0 Å². The third kappa shape index (κ3) is 4.77. The molecule has 1 rings (SSSR count). The van der Waals surface area contributed by atoms with Crippen LogP contribution in [0.1, 0.15) is 24.5 Å². The molecule has 1 atom stereocenters. The van der Waals surface area contributed by atoms with Crippen molar-refractivity contribution < 1.29 is 0 Å². The second-order valence-electron chi connectivity index (χ2n) is 4.10. The molecule has 1 N–H and O–H groups in total. The van der Waals surface area contributed by atoms with E-state index in [9.17, 15) is 0 Å². The summed E-state index contributed by atoms with van der Waals surface area (Å²) in [6.07, 6.45) is 3.38. The Bertz CT molecular complexity index is 328. The number of nitrogens with one attached hydrogen (secondary N) is 1. The van der Waals surface area contributed by atoms with Gasteiger partial charge in [0.15, 0.2) is 0 Å². The first-order valence-corrected chi connectivity index (χ1v) is 7.28. The zero-order chi connectivity index (χ0) is 12.0. The summed E-state index contributed by atoms with van der Waals surface area (Å²) in [7, 11) is 0. The number of hydrogen-bond acceptors (Lipinski definition) is 2. The summed E-state index contributed by atoms with van der Waals surface area (Å²) in [6, 6.07) is 6.20. The molecule has 0 aromatic heterocycles. The predicted octanol–water partition coefficient (Wildman–Crippen LogP) is 3.88. The van der Waals surface area contributed by atoms with Crippen LogP contribution in [0.3, 0.4) is 0 Å². The lowest BCUT2D eigenvalue weighted by atomic mass is 10.1. The first kappa shape index (κ1) is 13.9. The normalized spacial score (nSPS) is 12.8. The fourth-order valence-electron chi connectivity index (χ4n) is 1.47. The summed E-state index contributed by atoms with van der Waals surface area (Å²) in [5, 5.41) is 5.04. The van der Waals surface area contributed by atoms with Gasteiger partial charge < -0.3 is 5.32 Å². The van der Waals surface area contributed by atoms with Crippen LogP contribution in [0, 0.1) is 6.92 Å². The lowest BCUT2D eigenvalue weighted by Crippen LogP contribution is -2.17. The van der Waals surface area contributed by atoms with E-state index in [1.807, 2.05) is 24.8 Å². The zero-order valence-electron chi connectivity index (χ0n) is 10.2. The Balaban J connectivity index is 2.29. The molecule has 0 heterocycles. The third-order valence-corrected chi connectivity index (χ3v) is 4.15. The molecule has 0 aliphatic heterocycles. The van der Waals surface area contributed by atoms with Gasteiger partial charge in [0.05, 0.1) is 0 Å². The minimum atomic E-state index is 0.736. The molecule has 0 saturated heterocycles. The van der Waals surface area contributed by atoms with Crippen LogP contribution in [0.25, 0.3) is 0 Å². The van der Waals surface area contributed by atoms with Crippen molar-refractivity contribution in [1.29, 1.82) is 0 Å². The summed E-state index contributed by atoms with van der Waals surface area (Å²) in [5.41, 5.74) is 2.46. The highest BCUT2D eigenvalue weighted by atomic mass is 35.5. The maximum Gasteiger partial charge on any atom is 0.0435 e. The second-order valence-corrected chi connectivity index (χ2v) is 5.78. The van der Waals surface area contributed by atoms with Crippen molar-refractivity contribution in [1.82, 2.24) is 5.32 Å². The van der Waals surface area contributed by atoms with E-state index in [0.717, 1.165) is 28.9 Å². The molecule has 1 unspecified atom stereocenters. The van der Waals surface area contributed by atoms with Crippen LogP contribution >= 0.6 is 23.4 Å². The van der Waals surface area contributed by atoms with Gasteiger partial charge in [-0.2, -0.15) is 11.8 Å². The molecular formula is C13H20ClNS. The lowest BCUT2D eigenvalue weighted by Gasteiger charge is -2.09. The fourth-order valence-corrected chi connectivity index (χ4v) is 1.94. The van der Waals surface area contributed by atoms with Gasteiger partial charge in [-0.15, -0.1) is 0 Å². The monoisotopic (exact) mass is 257 g/mol. The van der Waals surface area contributed by atoms with E-state index in [2.05, 4.69) is 30.6 Å². The first-order chi connectivity index (χ1) is 7.63. The van der Waals surface area contributed by atoms with E-state index in [1.54, 1.807) is 0 Å². The van der Waals surface area contributed by atoms with Gasteiger partial charge in [-0.05, 0) is 43.3 Å². The van der Waals surface area contributed by atoms with Crippen molar-refractivity contribution in [3.63, 3.8) is 0 Å². The van der Waals surface area contributed by atoms with Crippen LogP contribution in [-0.2, 0) is 6.54 Å². The SMILES string of the molecule is CSC(C)CCNCc1ccc(Cl)c(C)c1. The van der Waals surface area contributed by atoms with Crippen molar-refractivity contribution in [3.05, 3.63) is 34.3 Å². The second kappa shape index (κ2) is 7.21. The maximum absolute atomic E-state index is 5.98. The van der Waals surface area contributed by atoms with E-state index in [-0.39, 0.29) is 0 Å². The van der Waals surface area contributed by atoms with E-state index >= 15 is 0 Å². The Labute approximate surface area is 108 Å². The minimum absolute atomic E-state index is 0.736. The Morgan fingerprint density at radius 3 is 2.81 bits per heavy atom. The Hall–Kier alpha value is -0.180. The summed E-state index contributed by atoms with van der Waals surface area (Å²) in [5.74, 6) is 0. The zero-order valence-corrected chi connectivity index (χ0v) is 11.8. The summed E-state index contributed by atoms with van der Waals surface area (Å²) in [4.78, 5) is 0. The largest absolute Gasteiger partial charge is 0.313 e. The van der Waals surface area contributed by atoms with Gasteiger partial charge in [0, 0.05) is 16.8 Å². The topological polar surface area (TPSA) is 12.0 Å². The van der Waals surface area contributed by atoms with Crippen molar-refractivity contribution in [3.8, 4) is 0 Å².